The molecule has 0 aromatic rings. The molecule has 0 rings (SSSR count). The molecule has 4 nitrogen and oxygen atoms in total. The molecule has 0 saturated carbocycles. The van der Waals surface area contributed by atoms with Gasteiger partial charge < -0.3 is 0 Å². The largest absolute Gasteiger partial charge is 0.397 e. The van der Waals surface area contributed by atoms with Crippen molar-refractivity contribution in [3.8, 4) is 0 Å². The third-order valence-electron chi connectivity index (χ3n) is 5.99. The van der Waals surface area contributed by atoms with Crippen LogP contribution in [0.4, 0.5) is 0 Å². The molecule has 186 valence electrons. The molecule has 0 aliphatic heterocycles. The zero-order valence-electron chi connectivity index (χ0n) is 20.7. The second-order valence-electron chi connectivity index (χ2n) is 9.13. The smallest absolute Gasteiger partial charge is 0.264 e. The Hall–Kier alpha value is -0.390. The molecule has 0 aliphatic carbocycles. The summed E-state index contributed by atoms with van der Waals surface area (Å²) in [5, 5.41) is 0. The van der Waals surface area contributed by atoms with Crippen molar-refractivity contribution in [2.75, 3.05) is 6.61 Å². The normalized spacial score (nSPS) is 13.3. The molecule has 1 N–H and O–H groups in total. The van der Waals surface area contributed by atoms with Crippen LogP contribution in [-0.2, 0) is 14.6 Å². The Balaban J connectivity index is 3.81. The van der Waals surface area contributed by atoms with Crippen LogP contribution in [0.5, 0.6) is 0 Å². The van der Waals surface area contributed by atoms with Crippen LogP contribution < -0.4 is 0 Å². The van der Waals surface area contributed by atoms with Crippen molar-refractivity contribution < 1.29 is 17.2 Å². The van der Waals surface area contributed by atoms with E-state index in [4.69, 9.17) is 4.55 Å². The number of rotatable bonds is 24. The Morgan fingerprint density at radius 1 is 0.677 bits per heavy atom. The van der Waals surface area contributed by atoms with E-state index in [9.17, 15) is 8.42 Å². The molecule has 0 aromatic heterocycles. The minimum atomic E-state index is -4.36. The van der Waals surface area contributed by atoms with Crippen LogP contribution in [0.15, 0.2) is 12.2 Å². The maximum Gasteiger partial charge on any atom is 0.397 e. The molecule has 0 amide bonds. The highest BCUT2D eigenvalue weighted by Gasteiger charge is 2.11. The molecule has 31 heavy (non-hydrogen) atoms. The van der Waals surface area contributed by atoms with Crippen LogP contribution >= 0.6 is 0 Å². The van der Waals surface area contributed by atoms with E-state index in [2.05, 4.69) is 30.2 Å². The first-order valence-corrected chi connectivity index (χ1v) is 14.6. The third-order valence-corrected chi connectivity index (χ3v) is 6.43. The molecule has 0 aromatic carbocycles. The zero-order chi connectivity index (χ0) is 23.0. The SMILES string of the molecule is CCCCCCC/C=C/C(CCCCCCCCCCCCCCC)COS(=O)(=O)O. The molecular weight excluding hydrogens is 408 g/mol. The molecule has 0 saturated heterocycles. The number of unbranched alkanes of at least 4 members (excludes halogenated alkanes) is 17. The molecule has 0 fully saturated rings. The highest BCUT2D eigenvalue weighted by molar-refractivity contribution is 7.80. The molecule has 0 spiro atoms. The summed E-state index contributed by atoms with van der Waals surface area (Å²) in [5.74, 6) is 0.0604. The maximum atomic E-state index is 10.9. The van der Waals surface area contributed by atoms with Gasteiger partial charge in [-0.25, -0.2) is 4.18 Å². The predicted octanol–water partition coefficient (Wildman–Crippen LogP) is 8.82. The van der Waals surface area contributed by atoms with Crippen molar-refractivity contribution >= 4 is 10.4 Å². The van der Waals surface area contributed by atoms with E-state index in [0.717, 1.165) is 19.3 Å². The molecule has 0 bridgehead atoms. The van der Waals surface area contributed by atoms with Gasteiger partial charge in [-0.15, -0.1) is 0 Å². The highest BCUT2D eigenvalue weighted by atomic mass is 32.3. The van der Waals surface area contributed by atoms with Crippen molar-refractivity contribution in [1.29, 1.82) is 0 Å². The summed E-state index contributed by atoms with van der Waals surface area (Å²) in [6.45, 7) is 4.53. The topological polar surface area (TPSA) is 63.6 Å². The Morgan fingerprint density at radius 3 is 1.55 bits per heavy atom. The molecule has 0 aliphatic rings. The van der Waals surface area contributed by atoms with E-state index in [1.54, 1.807) is 0 Å². The minimum Gasteiger partial charge on any atom is -0.264 e. The summed E-state index contributed by atoms with van der Waals surface area (Å²) in [5.41, 5.74) is 0. The van der Waals surface area contributed by atoms with Crippen molar-refractivity contribution in [3.63, 3.8) is 0 Å². The van der Waals surface area contributed by atoms with Gasteiger partial charge in [0.2, 0.25) is 0 Å². The fraction of sp³-hybridized carbons (Fsp3) is 0.923. The van der Waals surface area contributed by atoms with Crippen LogP contribution in [0.3, 0.4) is 0 Å². The third kappa shape index (κ3) is 25.7. The highest BCUT2D eigenvalue weighted by Crippen LogP contribution is 2.17. The van der Waals surface area contributed by atoms with Gasteiger partial charge >= 0.3 is 10.4 Å². The summed E-state index contributed by atoms with van der Waals surface area (Å²) in [6.07, 6.45) is 29.7. The summed E-state index contributed by atoms with van der Waals surface area (Å²) >= 11 is 0. The molecule has 1 unspecified atom stereocenters. The predicted molar refractivity (Wildman–Crippen MR) is 134 cm³/mol. The Morgan fingerprint density at radius 2 is 1.10 bits per heavy atom. The molecule has 0 heterocycles. The van der Waals surface area contributed by atoms with Gasteiger partial charge in [-0.1, -0.05) is 135 Å². The van der Waals surface area contributed by atoms with Crippen molar-refractivity contribution in [1.82, 2.24) is 0 Å². The lowest BCUT2D eigenvalue weighted by Crippen LogP contribution is -2.12. The average Bonchev–Trinajstić information content (AvgIpc) is 2.73. The summed E-state index contributed by atoms with van der Waals surface area (Å²) in [6, 6.07) is 0. The first kappa shape index (κ1) is 30.6. The standard InChI is InChI=1S/C26H52O4S/c1-3-5-7-9-11-12-13-14-15-16-18-20-22-24-26(25-30-31(27,28)29)23-21-19-17-10-8-6-4-2/h21,23,26H,3-20,22,24-25H2,1-2H3,(H,27,28,29)/b23-21+. The average molecular weight is 461 g/mol. The molecule has 5 heteroatoms. The second-order valence-corrected chi connectivity index (χ2v) is 10.2. The minimum absolute atomic E-state index is 0.0451. The maximum absolute atomic E-state index is 10.9. The van der Waals surface area contributed by atoms with Gasteiger partial charge in [0, 0.05) is 5.92 Å². The summed E-state index contributed by atoms with van der Waals surface area (Å²) in [7, 11) is -4.36. The van der Waals surface area contributed by atoms with E-state index >= 15 is 0 Å². The van der Waals surface area contributed by atoms with Gasteiger partial charge in [0.05, 0.1) is 6.61 Å². The monoisotopic (exact) mass is 460 g/mol. The van der Waals surface area contributed by atoms with Gasteiger partial charge in [0.15, 0.2) is 0 Å². The first-order chi connectivity index (χ1) is 15.0. The van der Waals surface area contributed by atoms with Gasteiger partial charge in [0.25, 0.3) is 0 Å². The van der Waals surface area contributed by atoms with E-state index in [1.807, 2.05) is 0 Å². The van der Waals surface area contributed by atoms with Crippen LogP contribution in [0.1, 0.15) is 142 Å². The first-order valence-electron chi connectivity index (χ1n) is 13.3. The van der Waals surface area contributed by atoms with Crippen molar-refractivity contribution in [2.45, 2.75) is 142 Å². The lowest BCUT2D eigenvalue weighted by molar-refractivity contribution is 0.234. The Kier molecular flexibility index (Phi) is 22.5. The number of hydrogen-bond donors (Lipinski definition) is 1. The van der Waals surface area contributed by atoms with Crippen molar-refractivity contribution in [3.05, 3.63) is 12.2 Å². The van der Waals surface area contributed by atoms with Crippen LogP contribution in [0.25, 0.3) is 0 Å². The lowest BCUT2D eigenvalue weighted by Gasteiger charge is -2.12. The molecule has 1 atom stereocenters. The quantitative estimate of drug-likeness (QED) is 0.0887. The van der Waals surface area contributed by atoms with Gasteiger partial charge in [0.1, 0.15) is 0 Å². The van der Waals surface area contributed by atoms with Crippen LogP contribution in [-0.4, -0.2) is 19.6 Å². The van der Waals surface area contributed by atoms with E-state index < -0.39 is 10.4 Å². The summed E-state index contributed by atoms with van der Waals surface area (Å²) in [4.78, 5) is 0. The number of allylic oxidation sites excluding steroid dienone is 1. The van der Waals surface area contributed by atoms with Gasteiger partial charge in [-0.05, 0) is 19.3 Å². The van der Waals surface area contributed by atoms with E-state index in [0.29, 0.717) is 0 Å². The Labute approximate surface area is 194 Å². The van der Waals surface area contributed by atoms with E-state index in [-0.39, 0.29) is 12.5 Å². The number of hydrogen-bond acceptors (Lipinski definition) is 3. The fourth-order valence-corrected chi connectivity index (χ4v) is 4.33. The second kappa shape index (κ2) is 22.8. The zero-order valence-corrected chi connectivity index (χ0v) is 21.5. The van der Waals surface area contributed by atoms with E-state index in [1.165, 1.54) is 109 Å². The van der Waals surface area contributed by atoms with Crippen LogP contribution in [0, 0.1) is 5.92 Å². The lowest BCUT2D eigenvalue weighted by atomic mass is 9.99. The van der Waals surface area contributed by atoms with Gasteiger partial charge in [-0.3, -0.25) is 4.55 Å². The van der Waals surface area contributed by atoms with Crippen molar-refractivity contribution in [2.24, 2.45) is 5.92 Å². The van der Waals surface area contributed by atoms with Crippen LogP contribution in [0.2, 0.25) is 0 Å². The molecule has 0 radical (unpaired) electrons. The Bertz CT molecular complexity index is 488. The summed E-state index contributed by atoms with van der Waals surface area (Å²) < 4.78 is 35.3. The van der Waals surface area contributed by atoms with Gasteiger partial charge in [-0.2, -0.15) is 8.42 Å². The fourth-order valence-electron chi connectivity index (χ4n) is 3.99. The molecular formula is C26H52O4S.